The van der Waals surface area contributed by atoms with Gasteiger partial charge in [0.2, 0.25) is 5.91 Å². The molecule has 9 heteroatoms. The Kier molecular flexibility index (Phi) is 8.42. The van der Waals surface area contributed by atoms with Crippen LogP contribution in [0.1, 0.15) is 30.9 Å². The van der Waals surface area contributed by atoms with Crippen molar-refractivity contribution in [3.63, 3.8) is 0 Å². The van der Waals surface area contributed by atoms with Gasteiger partial charge in [0.15, 0.2) is 11.5 Å². The number of imide groups is 1. The monoisotopic (exact) mass is 542 g/mol. The Morgan fingerprint density at radius 1 is 1.26 bits per heavy atom. The molecule has 1 saturated heterocycles. The van der Waals surface area contributed by atoms with Crippen molar-refractivity contribution in [2.45, 2.75) is 19.8 Å². The van der Waals surface area contributed by atoms with Gasteiger partial charge in [-0.2, -0.15) is 0 Å². The first kappa shape index (κ1) is 25.4. The Hall–Kier alpha value is -3.22. The van der Waals surface area contributed by atoms with E-state index in [0.717, 1.165) is 22.2 Å². The number of amides is 3. The van der Waals surface area contributed by atoms with Gasteiger partial charge in [0.05, 0.1) is 12.0 Å². The molecule has 0 aromatic heterocycles. The largest absolute Gasteiger partial charge is 0.493 e. The normalized spacial score (nSPS) is 14.5. The fraction of sp³-hybridized carbons (Fsp3) is 0.240. The van der Waals surface area contributed by atoms with Crippen LogP contribution in [-0.2, 0) is 9.59 Å². The van der Waals surface area contributed by atoms with E-state index in [1.807, 2.05) is 12.1 Å². The topological polar surface area (TPSA) is 84.9 Å². The molecule has 0 saturated carbocycles. The van der Waals surface area contributed by atoms with Crippen molar-refractivity contribution in [3.05, 3.63) is 56.9 Å². The number of terminal acetylenes is 1. The van der Waals surface area contributed by atoms with Gasteiger partial charge in [0, 0.05) is 15.7 Å². The van der Waals surface area contributed by atoms with Crippen molar-refractivity contribution in [1.82, 2.24) is 4.90 Å². The zero-order chi connectivity index (χ0) is 24.8. The quantitative estimate of drug-likeness (QED) is 0.361. The second-order valence-corrected chi connectivity index (χ2v) is 9.52. The molecule has 0 aliphatic carbocycles. The Bertz CT molecular complexity index is 1190. The maximum Gasteiger partial charge on any atom is 0.294 e. The maximum absolute atomic E-state index is 12.9. The van der Waals surface area contributed by atoms with E-state index in [4.69, 9.17) is 15.9 Å². The number of carbonyl (C=O) groups is 3. The highest BCUT2D eigenvalue weighted by Gasteiger charge is 2.36. The van der Waals surface area contributed by atoms with Gasteiger partial charge in [0.25, 0.3) is 11.1 Å². The van der Waals surface area contributed by atoms with Crippen LogP contribution in [0.25, 0.3) is 6.08 Å². The van der Waals surface area contributed by atoms with E-state index in [1.165, 1.54) is 13.2 Å². The van der Waals surface area contributed by atoms with Crippen LogP contribution in [0.4, 0.5) is 10.5 Å². The number of hydrogen-bond donors (Lipinski definition) is 1. The van der Waals surface area contributed by atoms with E-state index >= 15 is 0 Å². The zero-order valence-electron chi connectivity index (χ0n) is 18.9. The number of benzene rings is 2. The average Bonchev–Trinajstić information content (AvgIpc) is 3.05. The molecule has 1 heterocycles. The highest BCUT2D eigenvalue weighted by atomic mass is 79.9. The number of halogens is 1. The van der Waals surface area contributed by atoms with Crippen molar-refractivity contribution >= 4 is 56.5 Å². The lowest BCUT2D eigenvalue weighted by molar-refractivity contribution is -0.127. The van der Waals surface area contributed by atoms with Crippen LogP contribution in [-0.4, -0.2) is 42.2 Å². The fourth-order valence-electron chi connectivity index (χ4n) is 3.19. The minimum atomic E-state index is -0.567. The fourth-order valence-corrected chi connectivity index (χ4v) is 4.47. The summed E-state index contributed by atoms with van der Waals surface area (Å²) in [6.07, 6.45) is 6.82. The summed E-state index contributed by atoms with van der Waals surface area (Å²) in [5.74, 6) is 2.48. The summed E-state index contributed by atoms with van der Waals surface area (Å²) in [4.78, 5) is 39.0. The number of rotatable bonds is 8. The third-order valence-electron chi connectivity index (χ3n) is 4.89. The Morgan fingerprint density at radius 3 is 2.59 bits per heavy atom. The van der Waals surface area contributed by atoms with E-state index in [0.29, 0.717) is 33.1 Å². The number of nitrogens with zero attached hydrogens (tertiary/aromatic N) is 1. The van der Waals surface area contributed by atoms with Crippen LogP contribution < -0.4 is 14.8 Å². The second-order valence-electron chi connectivity index (χ2n) is 7.61. The van der Waals surface area contributed by atoms with Crippen LogP contribution in [0.5, 0.6) is 11.5 Å². The van der Waals surface area contributed by atoms with E-state index < -0.39 is 23.6 Å². The molecule has 1 N–H and O–H groups in total. The first-order valence-corrected chi connectivity index (χ1v) is 11.9. The van der Waals surface area contributed by atoms with E-state index in [9.17, 15) is 14.4 Å². The number of nitrogens with one attached hydrogen (secondary N) is 1. The molecular weight excluding hydrogens is 520 g/mol. The zero-order valence-corrected chi connectivity index (χ0v) is 21.3. The van der Waals surface area contributed by atoms with Crippen LogP contribution in [0.15, 0.2) is 45.8 Å². The van der Waals surface area contributed by atoms with Gasteiger partial charge in [-0.05, 0) is 53.6 Å². The molecule has 3 amide bonds. The summed E-state index contributed by atoms with van der Waals surface area (Å²) in [6.45, 7) is 3.76. The molecule has 2 aromatic rings. The summed E-state index contributed by atoms with van der Waals surface area (Å²) >= 11 is 4.14. The molecule has 0 radical (unpaired) electrons. The van der Waals surface area contributed by atoms with Crippen LogP contribution in [0, 0.1) is 12.3 Å². The van der Waals surface area contributed by atoms with Crippen LogP contribution in [0.3, 0.4) is 0 Å². The molecule has 0 bridgehead atoms. The van der Waals surface area contributed by atoms with Gasteiger partial charge in [-0.1, -0.05) is 47.8 Å². The third kappa shape index (κ3) is 6.01. The first-order chi connectivity index (χ1) is 16.2. The number of thioether (sulfide) groups is 1. The Morgan fingerprint density at radius 2 is 1.97 bits per heavy atom. The van der Waals surface area contributed by atoms with Crippen molar-refractivity contribution in [3.8, 4) is 23.8 Å². The van der Waals surface area contributed by atoms with Gasteiger partial charge >= 0.3 is 0 Å². The second kappa shape index (κ2) is 11.3. The lowest BCUT2D eigenvalue weighted by Crippen LogP contribution is -2.36. The molecule has 0 atom stereocenters. The lowest BCUT2D eigenvalue weighted by atomic mass is 10.0. The Balaban J connectivity index is 1.77. The lowest BCUT2D eigenvalue weighted by Gasteiger charge is -2.14. The molecule has 0 unspecified atom stereocenters. The number of carbonyl (C=O) groups excluding carboxylic acids is 3. The standard InChI is InChI=1S/C25H23BrN2O5S/c1-5-10-33-23-17(11-18(26)13-20(23)32-4)12-21-24(30)28(25(31)34-21)14-22(29)27-19-8-6-16(7-9-19)15(2)3/h1,6-9,11-13,15H,10,14H2,2-4H3,(H,27,29)/b21-12+. The number of methoxy groups -OCH3 is 1. The van der Waals surface area contributed by atoms with Gasteiger partial charge in [0.1, 0.15) is 13.2 Å². The van der Waals surface area contributed by atoms with Gasteiger partial charge < -0.3 is 14.8 Å². The molecule has 34 heavy (non-hydrogen) atoms. The third-order valence-corrected chi connectivity index (χ3v) is 6.26. The average molecular weight is 543 g/mol. The predicted molar refractivity (Wildman–Crippen MR) is 137 cm³/mol. The molecule has 1 aliphatic heterocycles. The summed E-state index contributed by atoms with van der Waals surface area (Å²) in [5, 5.41) is 2.19. The Labute approximate surface area is 211 Å². The predicted octanol–water partition coefficient (Wildman–Crippen LogP) is 5.27. The summed E-state index contributed by atoms with van der Waals surface area (Å²) in [7, 11) is 1.48. The SMILES string of the molecule is C#CCOc1c(/C=C2/SC(=O)N(CC(=O)Nc3ccc(C(C)C)cc3)C2=O)cc(Br)cc1OC. The highest BCUT2D eigenvalue weighted by Crippen LogP contribution is 2.39. The van der Waals surface area contributed by atoms with Crippen molar-refractivity contribution in [2.75, 3.05) is 25.6 Å². The minimum absolute atomic E-state index is 0.00136. The summed E-state index contributed by atoms with van der Waals surface area (Å²) in [6, 6.07) is 10.9. The van der Waals surface area contributed by atoms with E-state index in [-0.39, 0.29) is 11.5 Å². The van der Waals surface area contributed by atoms with E-state index in [2.05, 4.69) is 41.0 Å². The van der Waals surface area contributed by atoms with Crippen molar-refractivity contribution in [1.29, 1.82) is 0 Å². The number of anilines is 1. The maximum atomic E-state index is 12.9. The van der Waals surface area contributed by atoms with Gasteiger partial charge in [-0.3, -0.25) is 19.3 Å². The number of ether oxygens (including phenoxy) is 2. The van der Waals surface area contributed by atoms with Crippen LogP contribution >= 0.6 is 27.7 Å². The first-order valence-electron chi connectivity index (χ1n) is 10.3. The summed E-state index contributed by atoms with van der Waals surface area (Å²) < 4.78 is 11.6. The van der Waals surface area contributed by atoms with Gasteiger partial charge in [-0.15, -0.1) is 6.42 Å². The molecule has 176 valence electrons. The van der Waals surface area contributed by atoms with Crippen molar-refractivity contribution < 1.29 is 23.9 Å². The molecule has 0 spiro atoms. The molecule has 1 aliphatic rings. The van der Waals surface area contributed by atoms with Crippen molar-refractivity contribution in [2.24, 2.45) is 0 Å². The smallest absolute Gasteiger partial charge is 0.294 e. The highest BCUT2D eigenvalue weighted by molar-refractivity contribution is 9.10. The minimum Gasteiger partial charge on any atom is -0.493 e. The summed E-state index contributed by atoms with van der Waals surface area (Å²) in [5.41, 5.74) is 2.24. The number of hydrogen-bond acceptors (Lipinski definition) is 6. The van der Waals surface area contributed by atoms with Crippen LogP contribution in [0.2, 0.25) is 0 Å². The van der Waals surface area contributed by atoms with E-state index in [1.54, 1.807) is 24.3 Å². The molecule has 7 nitrogen and oxygen atoms in total. The molecular formula is C25H23BrN2O5S. The van der Waals surface area contributed by atoms with Gasteiger partial charge in [-0.25, -0.2) is 0 Å². The molecule has 2 aromatic carbocycles. The molecule has 1 fully saturated rings. The molecule has 3 rings (SSSR count).